The molecule has 15 heavy (non-hydrogen) atoms. The lowest BCUT2D eigenvalue weighted by molar-refractivity contribution is 0.188. The van der Waals surface area contributed by atoms with Crippen LogP contribution in [0.25, 0.3) is 0 Å². The Morgan fingerprint density at radius 2 is 2.33 bits per heavy atom. The molecule has 1 amide bonds. The molecule has 1 saturated carbocycles. The maximum Gasteiger partial charge on any atom is 0.405 e. The van der Waals surface area contributed by atoms with E-state index in [1.165, 1.54) is 0 Å². The van der Waals surface area contributed by atoms with Crippen molar-refractivity contribution in [1.29, 1.82) is 0 Å². The van der Waals surface area contributed by atoms with Crippen molar-refractivity contribution in [2.24, 2.45) is 0 Å². The van der Waals surface area contributed by atoms with Crippen molar-refractivity contribution < 1.29 is 9.90 Å². The Bertz CT molecular complexity index is 374. The first-order chi connectivity index (χ1) is 7.16. The summed E-state index contributed by atoms with van der Waals surface area (Å²) in [5, 5.41) is 11.2. The fourth-order valence-corrected chi connectivity index (χ4v) is 1.92. The molecule has 1 aliphatic carbocycles. The SMILES string of the molecule is CSc1ccc(C2(NC(=O)O)CC2)nc1. The Balaban J connectivity index is 2.18. The third-order valence-corrected chi connectivity index (χ3v) is 3.27. The summed E-state index contributed by atoms with van der Waals surface area (Å²) in [5.74, 6) is 0. The normalized spacial score (nSPS) is 17.1. The van der Waals surface area contributed by atoms with Gasteiger partial charge >= 0.3 is 6.09 Å². The van der Waals surface area contributed by atoms with E-state index < -0.39 is 11.6 Å². The lowest BCUT2D eigenvalue weighted by atomic mass is 10.1. The van der Waals surface area contributed by atoms with Crippen LogP contribution in [0.5, 0.6) is 0 Å². The van der Waals surface area contributed by atoms with Crippen molar-refractivity contribution >= 4 is 17.9 Å². The Morgan fingerprint density at radius 1 is 1.60 bits per heavy atom. The van der Waals surface area contributed by atoms with Gasteiger partial charge in [-0.1, -0.05) is 0 Å². The van der Waals surface area contributed by atoms with Crippen molar-refractivity contribution in [3.8, 4) is 0 Å². The maximum atomic E-state index is 10.6. The van der Waals surface area contributed by atoms with Crippen LogP contribution in [0, 0.1) is 0 Å². The number of hydrogen-bond acceptors (Lipinski definition) is 3. The Morgan fingerprint density at radius 3 is 2.73 bits per heavy atom. The highest BCUT2D eigenvalue weighted by Crippen LogP contribution is 2.44. The monoisotopic (exact) mass is 224 g/mol. The molecule has 0 aromatic carbocycles. The predicted molar refractivity (Wildman–Crippen MR) is 58.1 cm³/mol. The molecule has 2 N–H and O–H groups in total. The van der Waals surface area contributed by atoms with Gasteiger partial charge in [-0.15, -0.1) is 11.8 Å². The smallest absolute Gasteiger partial charge is 0.405 e. The van der Waals surface area contributed by atoms with Gasteiger partial charge in [0.15, 0.2) is 0 Å². The van der Waals surface area contributed by atoms with Gasteiger partial charge in [-0.05, 0) is 31.2 Å². The topological polar surface area (TPSA) is 62.2 Å². The second kappa shape index (κ2) is 3.73. The van der Waals surface area contributed by atoms with Gasteiger partial charge in [0.2, 0.25) is 0 Å². The van der Waals surface area contributed by atoms with E-state index in [1.807, 2.05) is 18.4 Å². The van der Waals surface area contributed by atoms with Crippen molar-refractivity contribution in [2.75, 3.05) is 6.26 Å². The van der Waals surface area contributed by atoms with Gasteiger partial charge in [-0.25, -0.2) is 4.79 Å². The summed E-state index contributed by atoms with van der Waals surface area (Å²) in [5.41, 5.74) is 0.408. The fourth-order valence-electron chi connectivity index (χ4n) is 1.56. The van der Waals surface area contributed by atoms with Gasteiger partial charge in [0.25, 0.3) is 0 Å². The largest absolute Gasteiger partial charge is 0.465 e. The number of nitrogens with zero attached hydrogens (tertiary/aromatic N) is 1. The molecular weight excluding hydrogens is 212 g/mol. The number of carboxylic acid groups (broad SMARTS) is 1. The summed E-state index contributed by atoms with van der Waals surface area (Å²) >= 11 is 1.62. The average molecular weight is 224 g/mol. The molecule has 1 fully saturated rings. The number of hydrogen-bond donors (Lipinski definition) is 2. The zero-order valence-electron chi connectivity index (χ0n) is 8.36. The summed E-state index contributed by atoms with van der Waals surface area (Å²) in [4.78, 5) is 16.0. The summed E-state index contributed by atoms with van der Waals surface area (Å²) < 4.78 is 0. The van der Waals surface area contributed by atoms with Gasteiger partial charge in [0.1, 0.15) is 0 Å². The number of thioether (sulfide) groups is 1. The van der Waals surface area contributed by atoms with E-state index in [0.717, 1.165) is 23.4 Å². The van der Waals surface area contributed by atoms with E-state index >= 15 is 0 Å². The highest BCUT2D eigenvalue weighted by Gasteiger charge is 2.47. The molecule has 0 atom stereocenters. The van der Waals surface area contributed by atoms with Crippen LogP contribution in [0.3, 0.4) is 0 Å². The lowest BCUT2D eigenvalue weighted by Crippen LogP contribution is -2.34. The lowest BCUT2D eigenvalue weighted by Gasteiger charge is -2.14. The number of aromatic nitrogens is 1. The van der Waals surface area contributed by atoms with Crippen molar-refractivity contribution in [2.45, 2.75) is 23.3 Å². The van der Waals surface area contributed by atoms with Gasteiger partial charge < -0.3 is 10.4 Å². The molecule has 2 rings (SSSR count). The first-order valence-electron chi connectivity index (χ1n) is 4.68. The number of pyridine rings is 1. The van der Waals surface area contributed by atoms with Crippen molar-refractivity contribution in [1.82, 2.24) is 10.3 Å². The second-order valence-corrected chi connectivity index (χ2v) is 4.48. The van der Waals surface area contributed by atoms with Crippen molar-refractivity contribution in [3.05, 3.63) is 24.0 Å². The third kappa shape index (κ3) is 2.07. The molecule has 0 aliphatic heterocycles. The molecule has 1 heterocycles. The van der Waals surface area contributed by atoms with Crippen LogP contribution in [0.2, 0.25) is 0 Å². The van der Waals surface area contributed by atoms with E-state index in [9.17, 15) is 4.79 Å². The molecule has 1 aromatic rings. The van der Waals surface area contributed by atoms with Crippen LogP contribution in [-0.2, 0) is 5.54 Å². The van der Waals surface area contributed by atoms with Crippen LogP contribution in [-0.4, -0.2) is 22.4 Å². The second-order valence-electron chi connectivity index (χ2n) is 3.60. The van der Waals surface area contributed by atoms with Gasteiger partial charge in [-0.3, -0.25) is 4.98 Å². The van der Waals surface area contributed by atoms with Crippen LogP contribution in [0.4, 0.5) is 4.79 Å². The predicted octanol–water partition coefficient (Wildman–Crippen LogP) is 2.06. The molecule has 0 unspecified atom stereocenters. The van der Waals surface area contributed by atoms with E-state index in [-0.39, 0.29) is 0 Å². The quantitative estimate of drug-likeness (QED) is 0.771. The maximum absolute atomic E-state index is 10.6. The minimum Gasteiger partial charge on any atom is -0.465 e. The summed E-state index contributed by atoms with van der Waals surface area (Å²) in [6, 6.07) is 3.87. The van der Waals surface area contributed by atoms with E-state index in [0.29, 0.717) is 0 Å². The molecule has 1 aliphatic rings. The Labute approximate surface area is 92.1 Å². The summed E-state index contributed by atoms with van der Waals surface area (Å²) in [6.45, 7) is 0. The van der Waals surface area contributed by atoms with E-state index in [4.69, 9.17) is 5.11 Å². The van der Waals surface area contributed by atoms with Crippen molar-refractivity contribution in [3.63, 3.8) is 0 Å². The molecule has 80 valence electrons. The van der Waals surface area contributed by atoms with Crippen LogP contribution >= 0.6 is 11.8 Å². The number of rotatable bonds is 3. The number of amides is 1. The summed E-state index contributed by atoms with van der Waals surface area (Å²) in [6.07, 6.45) is 4.46. The molecule has 0 spiro atoms. The average Bonchev–Trinajstić information content (AvgIpc) is 2.98. The number of nitrogens with one attached hydrogen (secondary N) is 1. The highest BCUT2D eigenvalue weighted by atomic mass is 32.2. The van der Waals surface area contributed by atoms with Crippen LogP contribution in [0.1, 0.15) is 18.5 Å². The molecular formula is C10H12N2O2S. The van der Waals surface area contributed by atoms with Gasteiger partial charge in [0.05, 0.1) is 11.2 Å². The van der Waals surface area contributed by atoms with Crippen LogP contribution < -0.4 is 5.32 Å². The minimum absolute atomic E-state index is 0.414. The third-order valence-electron chi connectivity index (χ3n) is 2.56. The molecule has 0 radical (unpaired) electrons. The minimum atomic E-state index is -0.983. The van der Waals surface area contributed by atoms with E-state index in [1.54, 1.807) is 18.0 Å². The Hall–Kier alpha value is -1.23. The van der Waals surface area contributed by atoms with E-state index in [2.05, 4.69) is 10.3 Å². The molecule has 4 nitrogen and oxygen atoms in total. The zero-order valence-corrected chi connectivity index (χ0v) is 9.17. The first-order valence-corrected chi connectivity index (χ1v) is 5.90. The molecule has 0 bridgehead atoms. The Kier molecular flexibility index (Phi) is 2.56. The van der Waals surface area contributed by atoms with Gasteiger partial charge in [0, 0.05) is 11.1 Å². The zero-order chi connectivity index (χ0) is 10.9. The molecule has 5 heteroatoms. The number of carbonyl (C=O) groups is 1. The fraction of sp³-hybridized carbons (Fsp3) is 0.400. The van der Waals surface area contributed by atoms with Crippen LogP contribution in [0.15, 0.2) is 23.2 Å². The highest BCUT2D eigenvalue weighted by molar-refractivity contribution is 7.98. The standard InChI is InChI=1S/C10H12N2O2S/c1-15-7-2-3-8(11-6-7)10(4-5-10)12-9(13)14/h2-3,6,12H,4-5H2,1H3,(H,13,14). The first kappa shape index (κ1) is 10.3. The van der Waals surface area contributed by atoms with Gasteiger partial charge in [-0.2, -0.15) is 0 Å². The summed E-state index contributed by atoms with van der Waals surface area (Å²) in [7, 11) is 0. The molecule has 0 saturated heterocycles. The molecule has 1 aromatic heterocycles.